The Morgan fingerprint density at radius 2 is 1.90 bits per heavy atom. The normalized spacial score (nSPS) is 13.5. The maximum Gasteiger partial charge on any atom is 0.254 e. The smallest absolute Gasteiger partial charge is 0.254 e. The van der Waals surface area contributed by atoms with Gasteiger partial charge in [0.1, 0.15) is 0 Å². The number of nitrogens with one attached hydrogen (secondary N) is 1. The van der Waals surface area contributed by atoms with E-state index in [0.717, 1.165) is 37.1 Å². The highest BCUT2D eigenvalue weighted by molar-refractivity contribution is 6.04. The summed E-state index contributed by atoms with van der Waals surface area (Å²) in [7, 11) is 1.58. The van der Waals surface area contributed by atoms with Crippen molar-refractivity contribution in [3.63, 3.8) is 0 Å². The molecule has 0 unspecified atom stereocenters. The molecule has 30 heavy (non-hydrogen) atoms. The van der Waals surface area contributed by atoms with E-state index in [1.807, 2.05) is 49.1 Å². The van der Waals surface area contributed by atoms with Crippen molar-refractivity contribution in [1.82, 2.24) is 4.90 Å². The SMILES string of the molecule is CCOc1ccc(/C=C/C(=O)Nc2cccc(C(=O)N3CCCC3)c2C)cc1OC. The largest absolute Gasteiger partial charge is 0.493 e. The second-order valence-corrected chi connectivity index (χ2v) is 7.14. The van der Waals surface area contributed by atoms with Gasteiger partial charge in [0.05, 0.1) is 13.7 Å². The van der Waals surface area contributed by atoms with Crippen LogP contribution in [0.5, 0.6) is 11.5 Å². The Bertz CT molecular complexity index is 946. The van der Waals surface area contributed by atoms with Gasteiger partial charge < -0.3 is 19.7 Å². The van der Waals surface area contributed by atoms with E-state index >= 15 is 0 Å². The molecule has 3 rings (SSSR count). The second-order valence-electron chi connectivity index (χ2n) is 7.14. The Hall–Kier alpha value is -3.28. The molecule has 1 saturated heterocycles. The number of carbonyl (C=O) groups excluding carboxylic acids is 2. The Morgan fingerprint density at radius 1 is 1.13 bits per heavy atom. The fourth-order valence-electron chi connectivity index (χ4n) is 3.50. The number of hydrogen-bond acceptors (Lipinski definition) is 4. The second kappa shape index (κ2) is 9.96. The van der Waals surface area contributed by atoms with Crippen molar-refractivity contribution < 1.29 is 19.1 Å². The molecule has 0 aromatic heterocycles. The van der Waals surface area contributed by atoms with Crippen molar-refractivity contribution in [3.8, 4) is 11.5 Å². The summed E-state index contributed by atoms with van der Waals surface area (Å²) < 4.78 is 10.8. The highest BCUT2D eigenvalue weighted by Gasteiger charge is 2.21. The van der Waals surface area contributed by atoms with Crippen molar-refractivity contribution in [1.29, 1.82) is 0 Å². The third kappa shape index (κ3) is 5.00. The number of methoxy groups -OCH3 is 1. The van der Waals surface area contributed by atoms with Gasteiger partial charge in [0.2, 0.25) is 5.91 Å². The molecule has 1 aliphatic heterocycles. The van der Waals surface area contributed by atoms with Gasteiger partial charge in [-0.15, -0.1) is 0 Å². The van der Waals surface area contributed by atoms with Crippen molar-refractivity contribution >= 4 is 23.6 Å². The molecule has 0 aliphatic carbocycles. The summed E-state index contributed by atoms with van der Waals surface area (Å²) in [4.78, 5) is 27.0. The third-order valence-corrected chi connectivity index (χ3v) is 5.13. The average molecular weight is 408 g/mol. The van der Waals surface area contributed by atoms with Crippen LogP contribution in [-0.2, 0) is 4.79 Å². The first-order valence-corrected chi connectivity index (χ1v) is 10.2. The van der Waals surface area contributed by atoms with Crippen LogP contribution in [0, 0.1) is 6.92 Å². The first-order valence-electron chi connectivity index (χ1n) is 10.2. The van der Waals surface area contributed by atoms with Crippen LogP contribution < -0.4 is 14.8 Å². The minimum atomic E-state index is -0.267. The van der Waals surface area contributed by atoms with Gasteiger partial charge in [-0.3, -0.25) is 9.59 Å². The van der Waals surface area contributed by atoms with Crippen LogP contribution in [0.4, 0.5) is 5.69 Å². The zero-order valence-electron chi connectivity index (χ0n) is 17.7. The molecule has 0 bridgehead atoms. The summed E-state index contributed by atoms with van der Waals surface area (Å²) >= 11 is 0. The summed E-state index contributed by atoms with van der Waals surface area (Å²) in [5.74, 6) is 1.04. The molecule has 1 heterocycles. The number of hydrogen-bond donors (Lipinski definition) is 1. The lowest BCUT2D eigenvalue weighted by Crippen LogP contribution is -2.28. The van der Waals surface area contributed by atoms with E-state index in [4.69, 9.17) is 9.47 Å². The predicted molar refractivity (Wildman–Crippen MR) is 118 cm³/mol. The lowest BCUT2D eigenvalue weighted by Gasteiger charge is -2.18. The molecule has 1 fully saturated rings. The van der Waals surface area contributed by atoms with Gasteiger partial charge in [-0.25, -0.2) is 0 Å². The van der Waals surface area contributed by atoms with Crippen LogP contribution in [-0.4, -0.2) is 43.5 Å². The third-order valence-electron chi connectivity index (χ3n) is 5.13. The highest BCUT2D eigenvalue weighted by Crippen LogP contribution is 2.28. The molecule has 0 spiro atoms. The fourth-order valence-corrected chi connectivity index (χ4v) is 3.50. The van der Waals surface area contributed by atoms with E-state index < -0.39 is 0 Å². The molecule has 1 aliphatic rings. The topological polar surface area (TPSA) is 67.9 Å². The molecule has 6 nitrogen and oxygen atoms in total. The van der Waals surface area contributed by atoms with E-state index in [-0.39, 0.29) is 11.8 Å². The number of anilines is 1. The van der Waals surface area contributed by atoms with Crippen LogP contribution in [0.3, 0.4) is 0 Å². The Kier molecular flexibility index (Phi) is 7.12. The van der Waals surface area contributed by atoms with Gasteiger partial charge >= 0.3 is 0 Å². The zero-order chi connectivity index (χ0) is 21.5. The molecule has 0 saturated carbocycles. The van der Waals surface area contributed by atoms with Crippen molar-refractivity contribution in [2.45, 2.75) is 26.7 Å². The van der Waals surface area contributed by atoms with Crippen LogP contribution in [0.1, 0.15) is 41.3 Å². The minimum absolute atomic E-state index is 0.0260. The number of benzene rings is 2. The average Bonchev–Trinajstić information content (AvgIpc) is 3.29. The first-order chi connectivity index (χ1) is 14.5. The van der Waals surface area contributed by atoms with Gasteiger partial charge in [-0.2, -0.15) is 0 Å². The van der Waals surface area contributed by atoms with Crippen LogP contribution in [0.15, 0.2) is 42.5 Å². The molecule has 158 valence electrons. The lowest BCUT2D eigenvalue weighted by molar-refractivity contribution is -0.111. The monoisotopic (exact) mass is 408 g/mol. The van der Waals surface area contributed by atoms with Gasteiger partial charge in [-0.05, 0) is 68.2 Å². The number of ether oxygens (including phenoxy) is 2. The number of nitrogens with zero attached hydrogens (tertiary/aromatic N) is 1. The van der Waals surface area contributed by atoms with Gasteiger partial charge in [0.15, 0.2) is 11.5 Å². The van der Waals surface area contributed by atoms with E-state index in [9.17, 15) is 9.59 Å². The fraction of sp³-hybridized carbons (Fsp3) is 0.333. The number of rotatable bonds is 7. The summed E-state index contributed by atoms with van der Waals surface area (Å²) in [6.07, 6.45) is 5.26. The van der Waals surface area contributed by atoms with Gasteiger partial charge in [0.25, 0.3) is 5.91 Å². The van der Waals surface area contributed by atoms with E-state index in [0.29, 0.717) is 29.4 Å². The van der Waals surface area contributed by atoms with Gasteiger partial charge in [-0.1, -0.05) is 12.1 Å². The van der Waals surface area contributed by atoms with Crippen LogP contribution >= 0.6 is 0 Å². The number of amides is 2. The maximum atomic E-state index is 12.7. The minimum Gasteiger partial charge on any atom is -0.493 e. The zero-order valence-corrected chi connectivity index (χ0v) is 17.7. The van der Waals surface area contributed by atoms with E-state index in [1.165, 1.54) is 6.08 Å². The summed E-state index contributed by atoms with van der Waals surface area (Å²) in [6, 6.07) is 10.9. The quantitative estimate of drug-likeness (QED) is 0.694. The molecule has 2 aromatic carbocycles. The molecular weight excluding hydrogens is 380 g/mol. The molecule has 0 radical (unpaired) electrons. The summed E-state index contributed by atoms with van der Waals surface area (Å²) in [5, 5.41) is 2.87. The van der Waals surface area contributed by atoms with Crippen molar-refractivity contribution in [3.05, 3.63) is 59.2 Å². The summed E-state index contributed by atoms with van der Waals surface area (Å²) in [6.45, 7) is 5.91. The van der Waals surface area contributed by atoms with E-state index in [2.05, 4.69) is 5.32 Å². The van der Waals surface area contributed by atoms with E-state index in [1.54, 1.807) is 19.3 Å². The molecule has 2 aromatic rings. The molecule has 0 atom stereocenters. The molecular formula is C24H28N2O4. The standard InChI is InChI=1S/C24H28N2O4/c1-4-30-21-12-10-18(16-22(21)29-3)11-13-23(27)25-20-9-7-8-19(17(20)2)24(28)26-14-5-6-15-26/h7-13,16H,4-6,14-15H2,1-3H3,(H,25,27)/b13-11+. The Labute approximate surface area is 177 Å². The highest BCUT2D eigenvalue weighted by atomic mass is 16.5. The maximum absolute atomic E-state index is 12.7. The Balaban J connectivity index is 1.70. The van der Waals surface area contributed by atoms with Crippen LogP contribution in [0.25, 0.3) is 6.08 Å². The predicted octanol–water partition coefficient (Wildman–Crippen LogP) is 4.29. The van der Waals surface area contributed by atoms with Gasteiger partial charge in [0, 0.05) is 30.4 Å². The van der Waals surface area contributed by atoms with Crippen molar-refractivity contribution in [2.24, 2.45) is 0 Å². The first kappa shape index (κ1) is 21.4. The van der Waals surface area contributed by atoms with Crippen LogP contribution in [0.2, 0.25) is 0 Å². The Morgan fingerprint density at radius 3 is 2.60 bits per heavy atom. The summed E-state index contributed by atoms with van der Waals surface area (Å²) in [5.41, 5.74) is 2.87. The molecule has 6 heteroatoms. The number of carbonyl (C=O) groups is 2. The lowest BCUT2D eigenvalue weighted by atomic mass is 10.1. The van der Waals surface area contributed by atoms with Crippen molar-refractivity contribution in [2.75, 3.05) is 32.1 Å². The molecule has 2 amide bonds. The number of likely N-dealkylation sites (tertiary alicyclic amines) is 1. The molecule has 1 N–H and O–H groups in total.